The summed E-state index contributed by atoms with van der Waals surface area (Å²) >= 11 is 0. The maximum Gasteiger partial charge on any atom is 0.165 e. The van der Waals surface area contributed by atoms with Crippen LogP contribution in [0.15, 0.2) is 48.5 Å². The predicted molar refractivity (Wildman–Crippen MR) is 120 cm³/mol. The van der Waals surface area contributed by atoms with Crippen LogP contribution in [0, 0.1) is 13.8 Å². The number of nitrogens with zero attached hydrogens (tertiary/aromatic N) is 3. The van der Waals surface area contributed by atoms with Crippen LogP contribution in [0.1, 0.15) is 23.9 Å². The van der Waals surface area contributed by atoms with Crippen LogP contribution in [-0.2, 0) is 6.42 Å². The van der Waals surface area contributed by atoms with E-state index in [4.69, 9.17) is 19.6 Å². The quantitative estimate of drug-likeness (QED) is 0.472. The summed E-state index contributed by atoms with van der Waals surface area (Å²) in [4.78, 5) is 4.79. The molecule has 2 aromatic heterocycles. The zero-order valence-corrected chi connectivity index (χ0v) is 18.0. The van der Waals surface area contributed by atoms with E-state index in [1.165, 1.54) is 5.56 Å². The van der Waals surface area contributed by atoms with Crippen LogP contribution < -0.4 is 14.8 Å². The molecule has 30 heavy (non-hydrogen) atoms. The molecule has 0 saturated carbocycles. The summed E-state index contributed by atoms with van der Waals surface area (Å²) in [6, 6.07) is 16.3. The number of benzene rings is 2. The van der Waals surface area contributed by atoms with Crippen molar-refractivity contribution in [3.8, 4) is 22.6 Å². The van der Waals surface area contributed by atoms with Crippen LogP contribution in [0.4, 0.5) is 11.5 Å². The second kappa shape index (κ2) is 8.06. The highest BCUT2D eigenvalue weighted by Crippen LogP contribution is 2.36. The van der Waals surface area contributed by atoms with E-state index in [1.807, 2.05) is 42.6 Å². The molecule has 0 unspecified atom stereocenters. The molecule has 0 amide bonds. The van der Waals surface area contributed by atoms with Crippen molar-refractivity contribution in [1.82, 2.24) is 14.6 Å². The highest BCUT2D eigenvalue weighted by atomic mass is 16.5. The van der Waals surface area contributed by atoms with Gasteiger partial charge >= 0.3 is 0 Å². The van der Waals surface area contributed by atoms with E-state index in [1.54, 1.807) is 14.2 Å². The zero-order chi connectivity index (χ0) is 21.3. The number of aryl methyl sites for hydroxylation is 3. The van der Waals surface area contributed by atoms with Crippen LogP contribution in [0.3, 0.4) is 0 Å². The molecule has 154 valence electrons. The molecule has 4 aromatic rings. The Bertz CT molecular complexity index is 1200. The molecule has 0 saturated heterocycles. The van der Waals surface area contributed by atoms with E-state index in [-0.39, 0.29) is 0 Å². The van der Waals surface area contributed by atoms with Gasteiger partial charge in [-0.05, 0) is 55.7 Å². The summed E-state index contributed by atoms with van der Waals surface area (Å²) in [7, 11) is 3.27. The fourth-order valence-electron chi connectivity index (χ4n) is 3.64. The van der Waals surface area contributed by atoms with Gasteiger partial charge in [-0.25, -0.2) is 4.98 Å². The maximum absolute atomic E-state index is 5.49. The second-order valence-electron chi connectivity index (χ2n) is 7.22. The van der Waals surface area contributed by atoms with E-state index < -0.39 is 0 Å². The lowest BCUT2D eigenvalue weighted by Crippen LogP contribution is -2.02. The first-order valence-corrected chi connectivity index (χ1v) is 9.99. The Labute approximate surface area is 176 Å². The van der Waals surface area contributed by atoms with Crippen molar-refractivity contribution < 1.29 is 9.47 Å². The number of nitrogens with one attached hydrogen (secondary N) is 1. The molecule has 6 heteroatoms. The molecule has 2 heterocycles. The van der Waals surface area contributed by atoms with Crippen molar-refractivity contribution in [1.29, 1.82) is 0 Å². The van der Waals surface area contributed by atoms with Crippen molar-refractivity contribution in [2.45, 2.75) is 27.2 Å². The lowest BCUT2D eigenvalue weighted by atomic mass is 10.1. The Morgan fingerprint density at radius 3 is 2.33 bits per heavy atom. The smallest absolute Gasteiger partial charge is 0.165 e. The van der Waals surface area contributed by atoms with Crippen molar-refractivity contribution in [3.63, 3.8) is 0 Å². The summed E-state index contributed by atoms with van der Waals surface area (Å²) in [5.41, 5.74) is 6.89. The molecule has 0 aliphatic carbocycles. The monoisotopic (exact) mass is 402 g/mol. The third kappa shape index (κ3) is 3.56. The number of hydrogen-bond donors (Lipinski definition) is 1. The van der Waals surface area contributed by atoms with Gasteiger partial charge in [0, 0.05) is 23.0 Å². The van der Waals surface area contributed by atoms with Crippen molar-refractivity contribution in [3.05, 3.63) is 65.5 Å². The molecule has 0 bridgehead atoms. The van der Waals surface area contributed by atoms with E-state index in [9.17, 15) is 0 Å². The standard InChI is InChI=1S/C24H26N4O2/c1-6-17-7-10-19(11-8-17)26-22-13-15(2)25-24-23(16(3)27-28(22)24)18-9-12-20(29-4)21(14-18)30-5/h7-14,26H,6H2,1-5H3. The number of hydrogen-bond acceptors (Lipinski definition) is 5. The third-order valence-electron chi connectivity index (χ3n) is 5.20. The number of methoxy groups -OCH3 is 2. The number of fused-ring (bicyclic) bond motifs is 1. The normalized spacial score (nSPS) is 11.0. The molecular weight excluding hydrogens is 376 g/mol. The largest absolute Gasteiger partial charge is 0.493 e. The molecule has 0 aliphatic rings. The van der Waals surface area contributed by atoms with Gasteiger partial charge in [0.2, 0.25) is 0 Å². The fourth-order valence-corrected chi connectivity index (χ4v) is 3.64. The summed E-state index contributed by atoms with van der Waals surface area (Å²) in [5, 5.41) is 8.27. The van der Waals surface area contributed by atoms with Crippen molar-refractivity contribution >= 4 is 17.2 Å². The molecule has 0 aliphatic heterocycles. The first-order chi connectivity index (χ1) is 14.5. The first kappa shape index (κ1) is 19.8. The Kier molecular flexibility index (Phi) is 5.31. The van der Waals surface area contributed by atoms with Gasteiger partial charge in [0.05, 0.1) is 19.9 Å². The second-order valence-corrected chi connectivity index (χ2v) is 7.22. The first-order valence-electron chi connectivity index (χ1n) is 9.99. The summed E-state index contributed by atoms with van der Waals surface area (Å²) < 4.78 is 12.7. The molecule has 0 radical (unpaired) electrons. The molecule has 0 atom stereocenters. The van der Waals surface area contributed by atoms with Crippen LogP contribution in [-0.4, -0.2) is 28.8 Å². The van der Waals surface area contributed by atoms with Crippen molar-refractivity contribution in [2.75, 3.05) is 19.5 Å². The Balaban J connectivity index is 1.82. The van der Waals surface area contributed by atoms with Gasteiger partial charge in [0.25, 0.3) is 0 Å². The van der Waals surface area contributed by atoms with E-state index in [2.05, 4.69) is 36.5 Å². The van der Waals surface area contributed by atoms with E-state index >= 15 is 0 Å². The minimum absolute atomic E-state index is 0.677. The number of anilines is 2. The van der Waals surface area contributed by atoms with Gasteiger partial charge in [-0.15, -0.1) is 0 Å². The topological polar surface area (TPSA) is 60.7 Å². The number of rotatable bonds is 6. The van der Waals surface area contributed by atoms with Crippen LogP contribution in [0.5, 0.6) is 11.5 Å². The van der Waals surface area contributed by atoms with Gasteiger partial charge in [0.1, 0.15) is 5.82 Å². The average molecular weight is 402 g/mol. The highest BCUT2D eigenvalue weighted by molar-refractivity contribution is 5.82. The van der Waals surface area contributed by atoms with Gasteiger partial charge in [-0.3, -0.25) is 0 Å². The highest BCUT2D eigenvalue weighted by Gasteiger charge is 2.18. The van der Waals surface area contributed by atoms with Gasteiger partial charge in [0.15, 0.2) is 17.1 Å². The Morgan fingerprint density at radius 2 is 1.67 bits per heavy atom. The molecule has 1 N–H and O–H groups in total. The molecular formula is C24H26N4O2. The molecule has 0 spiro atoms. The predicted octanol–water partition coefficient (Wildman–Crippen LogP) is 5.34. The third-order valence-corrected chi connectivity index (χ3v) is 5.20. The van der Waals surface area contributed by atoms with Crippen LogP contribution in [0.25, 0.3) is 16.8 Å². The minimum Gasteiger partial charge on any atom is -0.493 e. The van der Waals surface area contributed by atoms with Crippen LogP contribution >= 0.6 is 0 Å². The lowest BCUT2D eigenvalue weighted by molar-refractivity contribution is 0.355. The Morgan fingerprint density at radius 1 is 0.933 bits per heavy atom. The van der Waals surface area contributed by atoms with E-state index in [0.717, 1.165) is 46.1 Å². The van der Waals surface area contributed by atoms with Gasteiger partial charge in [-0.1, -0.05) is 25.1 Å². The number of ether oxygens (including phenoxy) is 2. The zero-order valence-electron chi connectivity index (χ0n) is 18.0. The minimum atomic E-state index is 0.677. The average Bonchev–Trinajstić information content (AvgIpc) is 3.09. The SMILES string of the molecule is CCc1ccc(Nc2cc(C)nc3c(-c4ccc(OC)c(OC)c4)c(C)nn23)cc1. The van der Waals surface area contributed by atoms with Crippen molar-refractivity contribution in [2.24, 2.45) is 0 Å². The van der Waals surface area contributed by atoms with Gasteiger partial charge in [-0.2, -0.15) is 9.61 Å². The lowest BCUT2D eigenvalue weighted by Gasteiger charge is -2.11. The fraction of sp³-hybridized carbons (Fsp3) is 0.250. The Hall–Kier alpha value is -3.54. The molecule has 0 fully saturated rings. The summed E-state index contributed by atoms with van der Waals surface area (Å²) in [6.07, 6.45) is 1.02. The van der Waals surface area contributed by atoms with E-state index in [0.29, 0.717) is 11.5 Å². The maximum atomic E-state index is 5.49. The summed E-state index contributed by atoms with van der Waals surface area (Å²) in [5.74, 6) is 2.24. The number of aromatic nitrogens is 3. The molecule has 6 nitrogen and oxygen atoms in total. The summed E-state index contributed by atoms with van der Waals surface area (Å²) in [6.45, 7) is 6.14. The molecule has 4 rings (SSSR count). The van der Waals surface area contributed by atoms with Crippen LogP contribution in [0.2, 0.25) is 0 Å². The van der Waals surface area contributed by atoms with Gasteiger partial charge < -0.3 is 14.8 Å². The molecule has 2 aromatic carbocycles.